The van der Waals surface area contributed by atoms with Crippen molar-refractivity contribution < 1.29 is 22.7 Å². The molecule has 6 nitrogen and oxygen atoms in total. The molecule has 2 aromatic heterocycles. The smallest absolute Gasteiger partial charge is 0.345 e. The van der Waals surface area contributed by atoms with E-state index in [4.69, 9.17) is 9.52 Å². The lowest BCUT2D eigenvalue weighted by Gasteiger charge is -2.14. The molecule has 2 heterocycles. The van der Waals surface area contributed by atoms with Crippen molar-refractivity contribution in [2.75, 3.05) is 7.05 Å². The van der Waals surface area contributed by atoms with E-state index in [1.54, 1.807) is 19.1 Å². The lowest BCUT2D eigenvalue weighted by molar-refractivity contribution is 0.0702. The maximum atomic E-state index is 12.3. The van der Waals surface area contributed by atoms with Gasteiger partial charge in [-0.2, -0.15) is 4.31 Å². The number of carboxylic acids is 1. The van der Waals surface area contributed by atoms with Gasteiger partial charge in [-0.05, 0) is 25.1 Å². The zero-order valence-electron chi connectivity index (χ0n) is 10.9. The van der Waals surface area contributed by atoms with Crippen LogP contribution in [0.25, 0.3) is 0 Å². The van der Waals surface area contributed by atoms with Gasteiger partial charge in [-0.15, -0.1) is 11.3 Å². The molecule has 0 saturated heterocycles. The number of nitrogens with zero attached hydrogens (tertiary/aromatic N) is 1. The van der Waals surface area contributed by atoms with Crippen LogP contribution in [0.1, 0.15) is 21.2 Å². The first kappa shape index (κ1) is 14.8. The van der Waals surface area contributed by atoms with Crippen molar-refractivity contribution in [3.63, 3.8) is 0 Å². The molecule has 0 fully saturated rings. The number of hydrogen-bond acceptors (Lipinski definition) is 5. The largest absolute Gasteiger partial charge is 0.477 e. The third-order valence-electron chi connectivity index (χ3n) is 2.67. The first-order valence-electron chi connectivity index (χ1n) is 5.64. The first-order valence-corrected chi connectivity index (χ1v) is 7.96. The number of rotatable bonds is 5. The summed E-state index contributed by atoms with van der Waals surface area (Å²) in [6.07, 6.45) is 0. The Kier molecular flexibility index (Phi) is 3.98. The number of carbonyl (C=O) groups is 1. The van der Waals surface area contributed by atoms with Crippen molar-refractivity contribution >= 4 is 27.3 Å². The fraction of sp³-hybridized carbons (Fsp3) is 0.250. The summed E-state index contributed by atoms with van der Waals surface area (Å²) in [6, 6.07) is 4.62. The molecule has 0 aliphatic heterocycles. The van der Waals surface area contributed by atoms with Crippen LogP contribution in [0.3, 0.4) is 0 Å². The van der Waals surface area contributed by atoms with Gasteiger partial charge in [0.05, 0.1) is 11.4 Å². The van der Waals surface area contributed by atoms with Gasteiger partial charge < -0.3 is 9.52 Å². The Hall–Kier alpha value is -1.64. The standard InChI is InChI=1S/C12H13NO5S2/c1-8-3-4-9(18-8)6-13(2)20(16,17)10-5-11(12(14)15)19-7-10/h3-5,7H,6H2,1-2H3,(H,14,15). The van der Waals surface area contributed by atoms with E-state index in [2.05, 4.69) is 0 Å². The Morgan fingerprint density at radius 3 is 2.65 bits per heavy atom. The van der Waals surface area contributed by atoms with Gasteiger partial charge in [0.1, 0.15) is 16.4 Å². The van der Waals surface area contributed by atoms with Crippen LogP contribution in [0.2, 0.25) is 0 Å². The van der Waals surface area contributed by atoms with E-state index in [0.29, 0.717) is 11.5 Å². The van der Waals surface area contributed by atoms with Crippen molar-refractivity contribution in [2.45, 2.75) is 18.4 Å². The average Bonchev–Trinajstić information content (AvgIpc) is 2.98. The highest BCUT2D eigenvalue weighted by atomic mass is 32.2. The summed E-state index contributed by atoms with van der Waals surface area (Å²) in [5.41, 5.74) is 0. The second-order valence-corrected chi connectivity index (χ2v) is 7.18. The van der Waals surface area contributed by atoms with Gasteiger partial charge in [-0.3, -0.25) is 0 Å². The molecule has 0 aliphatic carbocycles. The van der Waals surface area contributed by atoms with Crippen molar-refractivity contribution in [1.82, 2.24) is 4.31 Å². The Morgan fingerprint density at radius 2 is 2.15 bits per heavy atom. The van der Waals surface area contributed by atoms with E-state index < -0.39 is 16.0 Å². The first-order chi connectivity index (χ1) is 9.30. The summed E-state index contributed by atoms with van der Waals surface area (Å²) < 4.78 is 31.0. The van der Waals surface area contributed by atoms with Crippen LogP contribution < -0.4 is 0 Å². The van der Waals surface area contributed by atoms with Crippen LogP contribution >= 0.6 is 11.3 Å². The predicted octanol–water partition coefficient (Wildman–Crippen LogP) is 2.17. The van der Waals surface area contributed by atoms with Gasteiger partial charge in [-0.25, -0.2) is 13.2 Å². The minimum atomic E-state index is -3.72. The second kappa shape index (κ2) is 5.39. The molecule has 2 aromatic rings. The van der Waals surface area contributed by atoms with Gasteiger partial charge in [0.2, 0.25) is 10.0 Å². The summed E-state index contributed by atoms with van der Waals surface area (Å²) >= 11 is 0.884. The topological polar surface area (TPSA) is 87.8 Å². The molecule has 20 heavy (non-hydrogen) atoms. The summed E-state index contributed by atoms with van der Waals surface area (Å²) in [6.45, 7) is 1.87. The summed E-state index contributed by atoms with van der Waals surface area (Å²) in [4.78, 5) is 10.8. The SMILES string of the molecule is Cc1ccc(CN(C)S(=O)(=O)c2csc(C(=O)O)c2)o1. The normalized spacial score (nSPS) is 11.9. The third-order valence-corrected chi connectivity index (χ3v) is 5.52. The van der Waals surface area contributed by atoms with E-state index in [1.807, 2.05) is 0 Å². The molecule has 0 saturated carbocycles. The maximum Gasteiger partial charge on any atom is 0.345 e. The predicted molar refractivity (Wildman–Crippen MR) is 73.4 cm³/mol. The molecule has 0 spiro atoms. The summed E-state index contributed by atoms with van der Waals surface area (Å²) in [5.74, 6) is 0.0949. The van der Waals surface area contributed by atoms with E-state index in [9.17, 15) is 13.2 Å². The highest BCUT2D eigenvalue weighted by Crippen LogP contribution is 2.23. The van der Waals surface area contributed by atoms with Gasteiger partial charge in [0.25, 0.3) is 0 Å². The minimum absolute atomic E-state index is 0.00850. The highest BCUT2D eigenvalue weighted by Gasteiger charge is 2.24. The molecule has 0 bridgehead atoms. The van der Waals surface area contributed by atoms with E-state index in [0.717, 1.165) is 21.7 Å². The number of thiophene rings is 1. The van der Waals surface area contributed by atoms with E-state index >= 15 is 0 Å². The van der Waals surface area contributed by atoms with Gasteiger partial charge in [-0.1, -0.05) is 0 Å². The van der Waals surface area contributed by atoms with E-state index in [1.165, 1.54) is 12.4 Å². The van der Waals surface area contributed by atoms with Crippen molar-refractivity contribution in [2.24, 2.45) is 0 Å². The lowest BCUT2D eigenvalue weighted by atomic mass is 10.4. The van der Waals surface area contributed by atoms with Crippen LogP contribution in [-0.4, -0.2) is 30.8 Å². The van der Waals surface area contributed by atoms with Crippen LogP contribution in [0.5, 0.6) is 0 Å². The maximum absolute atomic E-state index is 12.3. The van der Waals surface area contributed by atoms with Crippen molar-refractivity contribution in [3.8, 4) is 0 Å². The molecule has 8 heteroatoms. The Bertz CT molecular complexity index is 729. The van der Waals surface area contributed by atoms with Crippen LogP contribution in [0.15, 0.2) is 32.9 Å². The molecule has 0 unspecified atom stereocenters. The van der Waals surface area contributed by atoms with Gasteiger partial charge in [0, 0.05) is 12.4 Å². The molecule has 108 valence electrons. The molecule has 1 N–H and O–H groups in total. The fourth-order valence-electron chi connectivity index (χ4n) is 1.62. The molecule has 0 aliphatic rings. The minimum Gasteiger partial charge on any atom is -0.477 e. The molecule has 0 aromatic carbocycles. The summed E-state index contributed by atoms with van der Waals surface area (Å²) in [5, 5.41) is 10.1. The molecule has 0 amide bonds. The second-order valence-electron chi connectivity index (χ2n) is 4.23. The summed E-state index contributed by atoms with van der Waals surface area (Å²) in [7, 11) is -2.30. The molecular weight excluding hydrogens is 302 g/mol. The number of hydrogen-bond donors (Lipinski definition) is 1. The quantitative estimate of drug-likeness (QED) is 0.913. The Morgan fingerprint density at radius 1 is 1.45 bits per heavy atom. The van der Waals surface area contributed by atoms with Gasteiger partial charge >= 0.3 is 5.97 Å². The number of carboxylic acid groups (broad SMARTS) is 1. The van der Waals surface area contributed by atoms with Gasteiger partial charge in [0.15, 0.2) is 0 Å². The van der Waals surface area contributed by atoms with Crippen LogP contribution in [-0.2, 0) is 16.6 Å². The Balaban J connectivity index is 2.22. The molecule has 0 radical (unpaired) electrons. The molecule has 2 rings (SSSR count). The average molecular weight is 315 g/mol. The van der Waals surface area contributed by atoms with Crippen molar-refractivity contribution in [3.05, 3.63) is 40.0 Å². The highest BCUT2D eigenvalue weighted by molar-refractivity contribution is 7.89. The molecule has 0 atom stereocenters. The number of sulfonamides is 1. The fourth-order valence-corrected chi connectivity index (χ4v) is 3.86. The Labute approximate surface area is 120 Å². The number of aromatic carboxylic acids is 1. The monoisotopic (exact) mass is 315 g/mol. The molecular formula is C12H13NO5S2. The zero-order chi connectivity index (χ0) is 14.9. The zero-order valence-corrected chi connectivity index (χ0v) is 12.5. The van der Waals surface area contributed by atoms with Crippen LogP contribution in [0.4, 0.5) is 0 Å². The lowest BCUT2D eigenvalue weighted by Crippen LogP contribution is -2.26. The number of furan rings is 1. The van der Waals surface area contributed by atoms with E-state index in [-0.39, 0.29) is 16.3 Å². The number of aryl methyl sites for hydroxylation is 1. The third kappa shape index (κ3) is 2.92. The van der Waals surface area contributed by atoms with Crippen LogP contribution in [0, 0.1) is 6.92 Å². The van der Waals surface area contributed by atoms with Crippen molar-refractivity contribution in [1.29, 1.82) is 0 Å².